The van der Waals surface area contributed by atoms with Gasteiger partial charge in [-0.15, -0.1) is 0 Å². The summed E-state index contributed by atoms with van der Waals surface area (Å²) in [5.41, 5.74) is 0. The molecule has 0 aliphatic carbocycles. The van der Waals surface area contributed by atoms with Gasteiger partial charge in [0.05, 0.1) is 0 Å². The molecular formula is C4H10N. The molecule has 1 nitrogen and oxygen atoms in total. The first-order chi connectivity index (χ1) is 2.27. The average Bonchev–Trinajstić information content (AvgIpc) is 1.38. The second-order valence-corrected chi connectivity index (χ2v) is 1.35. The van der Waals surface area contributed by atoms with Gasteiger partial charge in [0, 0.05) is 13.1 Å². The van der Waals surface area contributed by atoms with Gasteiger partial charge in [0.25, 0.3) is 0 Å². The lowest BCUT2D eigenvalue weighted by atomic mass is 10.4. The van der Waals surface area contributed by atoms with E-state index in [0.717, 1.165) is 0 Å². The van der Waals surface area contributed by atoms with Gasteiger partial charge in [0.2, 0.25) is 0 Å². The Kier molecular flexibility index (Phi) is 2.19. The monoisotopic (exact) mass is 72.1 g/mol. The SMILES string of the molecule is C[N]C(C)C. The summed E-state index contributed by atoms with van der Waals surface area (Å²) >= 11 is 0. The first-order valence-electron chi connectivity index (χ1n) is 1.86. The van der Waals surface area contributed by atoms with Crippen LogP contribution in [0.25, 0.3) is 0 Å². The number of nitrogens with zero attached hydrogens (tertiary/aromatic N) is 1. The van der Waals surface area contributed by atoms with E-state index in [9.17, 15) is 0 Å². The van der Waals surface area contributed by atoms with Gasteiger partial charge in [-0.25, -0.2) is 5.32 Å². The lowest BCUT2D eigenvalue weighted by Crippen LogP contribution is -2.06. The molecule has 0 bridgehead atoms. The molecule has 0 heterocycles. The maximum absolute atomic E-state index is 3.89. The molecule has 0 fully saturated rings. The fourth-order valence-electron chi connectivity index (χ4n) is 0. The third kappa shape index (κ3) is 3.96. The molecule has 0 atom stereocenters. The molecule has 0 unspecified atom stereocenters. The molecule has 1 radical (unpaired) electrons. The molecule has 1 heteroatoms. The molecule has 31 valence electrons. The van der Waals surface area contributed by atoms with Crippen molar-refractivity contribution < 1.29 is 0 Å². The minimum absolute atomic E-state index is 0.509. The van der Waals surface area contributed by atoms with Crippen LogP contribution in [0.4, 0.5) is 0 Å². The van der Waals surface area contributed by atoms with Crippen LogP contribution in [-0.4, -0.2) is 13.1 Å². The van der Waals surface area contributed by atoms with E-state index in [1.165, 1.54) is 0 Å². The number of hydrogen-bond donors (Lipinski definition) is 0. The zero-order chi connectivity index (χ0) is 4.28. The Morgan fingerprint density at radius 2 is 1.60 bits per heavy atom. The van der Waals surface area contributed by atoms with Gasteiger partial charge in [-0.3, -0.25) is 0 Å². The summed E-state index contributed by atoms with van der Waals surface area (Å²) in [4.78, 5) is 0. The van der Waals surface area contributed by atoms with Crippen LogP contribution in [0.5, 0.6) is 0 Å². The van der Waals surface area contributed by atoms with E-state index in [4.69, 9.17) is 0 Å². The molecular weight excluding hydrogens is 62.1 g/mol. The van der Waals surface area contributed by atoms with Crippen molar-refractivity contribution >= 4 is 0 Å². The summed E-state index contributed by atoms with van der Waals surface area (Å²) in [5, 5.41) is 3.89. The molecule has 0 saturated heterocycles. The number of hydrogen-bond acceptors (Lipinski definition) is 0. The minimum Gasteiger partial charge on any atom is -0.242 e. The van der Waals surface area contributed by atoms with E-state index in [1.807, 2.05) is 7.05 Å². The van der Waals surface area contributed by atoms with Crippen molar-refractivity contribution in [2.75, 3.05) is 7.05 Å². The van der Waals surface area contributed by atoms with Crippen molar-refractivity contribution in [1.82, 2.24) is 5.32 Å². The zero-order valence-electron chi connectivity index (χ0n) is 4.02. The fourth-order valence-corrected chi connectivity index (χ4v) is 0. The summed E-state index contributed by atoms with van der Waals surface area (Å²) in [5.74, 6) is 0. The van der Waals surface area contributed by atoms with Gasteiger partial charge in [0.1, 0.15) is 0 Å². The van der Waals surface area contributed by atoms with Crippen molar-refractivity contribution in [3.63, 3.8) is 0 Å². The van der Waals surface area contributed by atoms with E-state index in [2.05, 4.69) is 19.2 Å². The molecule has 0 spiro atoms. The normalized spacial score (nSPS) is 9.60. The molecule has 5 heavy (non-hydrogen) atoms. The molecule has 0 N–H and O–H groups in total. The van der Waals surface area contributed by atoms with Crippen LogP contribution >= 0.6 is 0 Å². The predicted molar refractivity (Wildman–Crippen MR) is 23.2 cm³/mol. The van der Waals surface area contributed by atoms with Crippen molar-refractivity contribution in [2.24, 2.45) is 0 Å². The van der Waals surface area contributed by atoms with Crippen LogP contribution in [0, 0.1) is 0 Å². The highest BCUT2D eigenvalue weighted by atomic mass is 14.8. The van der Waals surface area contributed by atoms with Crippen molar-refractivity contribution in [2.45, 2.75) is 19.9 Å². The standard InChI is InChI=1S/C4H10N/c1-4(2)5-3/h4H,1-3H3. The van der Waals surface area contributed by atoms with Crippen molar-refractivity contribution in [3.8, 4) is 0 Å². The van der Waals surface area contributed by atoms with Gasteiger partial charge >= 0.3 is 0 Å². The second kappa shape index (κ2) is 2.21. The molecule has 0 amide bonds. The van der Waals surface area contributed by atoms with E-state index in [1.54, 1.807) is 0 Å². The zero-order valence-corrected chi connectivity index (χ0v) is 4.02. The third-order valence-electron chi connectivity index (χ3n) is 0.516. The highest BCUT2D eigenvalue weighted by Crippen LogP contribution is 1.69. The highest BCUT2D eigenvalue weighted by Gasteiger charge is 1.79. The third-order valence-corrected chi connectivity index (χ3v) is 0.516. The van der Waals surface area contributed by atoms with Gasteiger partial charge in [-0.2, -0.15) is 0 Å². The Labute approximate surface area is 33.4 Å². The van der Waals surface area contributed by atoms with Crippen molar-refractivity contribution in [1.29, 1.82) is 0 Å². The molecule has 0 rings (SSSR count). The van der Waals surface area contributed by atoms with Crippen LogP contribution in [0.3, 0.4) is 0 Å². The highest BCUT2D eigenvalue weighted by molar-refractivity contribution is 4.40. The minimum atomic E-state index is 0.509. The summed E-state index contributed by atoms with van der Waals surface area (Å²) < 4.78 is 0. The van der Waals surface area contributed by atoms with Crippen LogP contribution < -0.4 is 5.32 Å². The largest absolute Gasteiger partial charge is 0.242 e. The molecule has 0 aromatic rings. The van der Waals surface area contributed by atoms with E-state index in [0.29, 0.717) is 6.04 Å². The van der Waals surface area contributed by atoms with E-state index in [-0.39, 0.29) is 0 Å². The smallest absolute Gasteiger partial charge is 0.0186 e. The van der Waals surface area contributed by atoms with Crippen LogP contribution in [0.15, 0.2) is 0 Å². The second-order valence-electron chi connectivity index (χ2n) is 1.35. The summed E-state index contributed by atoms with van der Waals surface area (Å²) in [6.45, 7) is 4.11. The number of rotatable bonds is 1. The molecule has 0 saturated carbocycles. The Morgan fingerprint density at radius 3 is 1.60 bits per heavy atom. The molecule has 0 aliphatic rings. The maximum atomic E-state index is 3.89. The summed E-state index contributed by atoms with van der Waals surface area (Å²) in [6, 6.07) is 0.509. The van der Waals surface area contributed by atoms with Crippen LogP contribution in [0.2, 0.25) is 0 Å². The lowest BCUT2D eigenvalue weighted by Gasteiger charge is -1.92. The summed E-state index contributed by atoms with van der Waals surface area (Å²) in [6.07, 6.45) is 0. The van der Waals surface area contributed by atoms with Gasteiger partial charge < -0.3 is 0 Å². The Hall–Kier alpha value is -0.0400. The maximum Gasteiger partial charge on any atom is 0.0186 e. The molecule has 0 aromatic heterocycles. The van der Waals surface area contributed by atoms with Gasteiger partial charge in [-0.05, 0) is 13.8 Å². The van der Waals surface area contributed by atoms with Crippen LogP contribution in [0.1, 0.15) is 13.8 Å². The Morgan fingerprint density at radius 1 is 1.40 bits per heavy atom. The molecule has 0 aliphatic heterocycles. The topological polar surface area (TPSA) is 14.1 Å². The fraction of sp³-hybridized carbons (Fsp3) is 1.00. The lowest BCUT2D eigenvalue weighted by molar-refractivity contribution is 0.655. The first-order valence-corrected chi connectivity index (χ1v) is 1.86. The summed E-state index contributed by atoms with van der Waals surface area (Å²) in [7, 11) is 1.82. The van der Waals surface area contributed by atoms with Crippen molar-refractivity contribution in [3.05, 3.63) is 0 Å². The van der Waals surface area contributed by atoms with E-state index < -0.39 is 0 Å². The first kappa shape index (κ1) is 4.96. The van der Waals surface area contributed by atoms with Gasteiger partial charge in [0.15, 0.2) is 0 Å². The quantitative estimate of drug-likeness (QED) is 0.431. The predicted octanol–water partition coefficient (Wildman–Crippen LogP) is 0.629. The average molecular weight is 72.1 g/mol. The Balaban J connectivity index is 2.54. The van der Waals surface area contributed by atoms with E-state index >= 15 is 0 Å². The van der Waals surface area contributed by atoms with Crippen LogP contribution in [-0.2, 0) is 0 Å². The molecule has 0 aromatic carbocycles. The van der Waals surface area contributed by atoms with Gasteiger partial charge in [-0.1, -0.05) is 0 Å². The Bertz CT molecular complexity index is 17.6.